The number of hydrogen-bond donors (Lipinski definition) is 2. The molecule has 3 nitrogen and oxygen atoms in total. The molecule has 0 aromatic heterocycles. The van der Waals surface area contributed by atoms with Crippen molar-refractivity contribution >= 4 is 16.1 Å². The molecular weight excluding hydrogens is 150 g/mol. The van der Waals surface area contributed by atoms with Crippen LogP contribution in [0, 0.1) is 0 Å². The normalized spacial score (nSPS) is 9.00. The van der Waals surface area contributed by atoms with Crippen LogP contribution in [0.25, 0.3) is 0 Å². The summed E-state index contributed by atoms with van der Waals surface area (Å²) in [7, 11) is 0. The Hall–Kier alpha value is 0.360. The van der Waals surface area contributed by atoms with E-state index in [4.69, 9.17) is 5.11 Å². The molecule has 0 spiro atoms. The summed E-state index contributed by atoms with van der Waals surface area (Å²) < 4.78 is 2.22. The van der Waals surface area contributed by atoms with E-state index in [9.17, 15) is 0 Å². The number of nitrogens with one attached hydrogen (secondary N) is 1. The number of aliphatic hydroxyl groups excluding tert-OH is 1. The van der Waals surface area contributed by atoms with Gasteiger partial charge in [-0.25, -0.2) is 0 Å². The minimum atomic E-state index is 0.0403. The van der Waals surface area contributed by atoms with Crippen molar-refractivity contribution < 1.29 is 9.94 Å². The Balaban J connectivity index is 2.34. The van der Waals surface area contributed by atoms with Gasteiger partial charge in [-0.3, -0.25) is 4.84 Å². The summed E-state index contributed by atoms with van der Waals surface area (Å²) in [6.45, 7) is 0.351. The average Bonchev–Trinajstić information content (AvgIpc) is 1.61. The lowest BCUT2D eigenvalue weighted by molar-refractivity contribution is 0.0697. The van der Waals surface area contributed by atoms with E-state index in [0.29, 0.717) is 6.61 Å². The molecule has 0 fully saturated rings. The van der Waals surface area contributed by atoms with Gasteiger partial charge in [-0.2, -0.15) is 0 Å². The van der Waals surface area contributed by atoms with Crippen LogP contribution in [0.5, 0.6) is 0 Å². The first-order chi connectivity index (χ1) is 2.91. The lowest BCUT2D eigenvalue weighted by Crippen LogP contribution is -2.04. The first-order valence-electron chi connectivity index (χ1n) is 1.50. The lowest BCUT2D eigenvalue weighted by atomic mass is 10.8. The molecule has 0 aromatic carbocycles. The summed E-state index contributed by atoms with van der Waals surface area (Å²) in [4.78, 5) is 4.40. The fourth-order valence-electron chi connectivity index (χ4n) is 0.0842. The Morgan fingerprint density at radius 2 is 2.50 bits per heavy atom. The maximum atomic E-state index is 8.01. The van der Waals surface area contributed by atoms with Crippen molar-refractivity contribution in [3.63, 3.8) is 0 Å². The molecule has 0 aromatic rings. The molecule has 6 heavy (non-hydrogen) atoms. The highest BCUT2D eigenvalue weighted by Gasteiger charge is 1.74. The minimum absolute atomic E-state index is 0.0403. The summed E-state index contributed by atoms with van der Waals surface area (Å²) in [5.41, 5.74) is 0. The van der Waals surface area contributed by atoms with Crippen LogP contribution in [0.1, 0.15) is 0 Å². The topological polar surface area (TPSA) is 41.5 Å². The molecular formula is C2H6BrNO2. The predicted octanol–water partition coefficient (Wildman–Crippen LogP) is -0.190. The molecule has 0 aliphatic carbocycles. The van der Waals surface area contributed by atoms with Gasteiger partial charge in [0.25, 0.3) is 0 Å². The van der Waals surface area contributed by atoms with Crippen LogP contribution in [0.4, 0.5) is 0 Å². The van der Waals surface area contributed by atoms with Crippen molar-refractivity contribution in [2.75, 3.05) is 13.2 Å². The third-order valence-corrected chi connectivity index (χ3v) is 0.477. The molecule has 0 saturated heterocycles. The van der Waals surface area contributed by atoms with E-state index in [2.05, 4.69) is 25.5 Å². The van der Waals surface area contributed by atoms with Crippen molar-refractivity contribution in [3.05, 3.63) is 0 Å². The van der Waals surface area contributed by atoms with E-state index >= 15 is 0 Å². The van der Waals surface area contributed by atoms with Crippen LogP contribution in [0.3, 0.4) is 0 Å². The van der Waals surface area contributed by atoms with Gasteiger partial charge < -0.3 is 5.11 Å². The molecule has 4 heteroatoms. The first kappa shape index (κ1) is 6.36. The van der Waals surface area contributed by atoms with Crippen LogP contribution in [-0.2, 0) is 4.84 Å². The monoisotopic (exact) mass is 155 g/mol. The Bertz CT molecular complexity index is 23.5. The maximum Gasteiger partial charge on any atom is 0.0924 e. The molecule has 0 amide bonds. The Morgan fingerprint density at radius 1 is 1.83 bits per heavy atom. The number of halogens is 1. The minimum Gasteiger partial charge on any atom is -0.394 e. The Morgan fingerprint density at radius 3 is 2.67 bits per heavy atom. The second kappa shape index (κ2) is 5.36. The number of aliphatic hydroxyl groups is 1. The van der Waals surface area contributed by atoms with Crippen LogP contribution in [-0.4, -0.2) is 18.3 Å². The maximum absolute atomic E-state index is 8.01. The van der Waals surface area contributed by atoms with Crippen molar-refractivity contribution in [3.8, 4) is 0 Å². The third-order valence-electron chi connectivity index (χ3n) is 0.248. The second-order valence-corrected chi connectivity index (χ2v) is 0.973. The molecule has 38 valence electrons. The summed E-state index contributed by atoms with van der Waals surface area (Å²) in [6.07, 6.45) is 0. The fourth-order valence-corrected chi connectivity index (χ4v) is 0.246. The molecule has 0 bridgehead atoms. The largest absolute Gasteiger partial charge is 0.394 e. The smallest absolute Gasteiger partial charge is 0.0924 e. The van der Waals surface area contributed by atoms with Crippen molar-refractivity contribution in [2.24, 2.45) is 0 Å². The summed E-state index contributed by atoms with van der Waals surface area (Å²) in [6, 6.07) is 0. The van der Waals surface area contributed by atoms with E-state index in [0.717, 1.165) is 0 Å². The van der Waals surface area contributed by atoms with Gasteiger partial charge in [-0.1, -0.05) is 0 Å². The zero-order chi connectivity index (χ0) is 4.83. The summed E-state index contributed by atoms with van der Waals surface area (Å²) in [5, 5.41) is 8.01. The van der Waals surface area contributed by atoms with E-state index < -0.39 is 0 Å². The highest BCUT2D eigenvalue weighted by atomic mass is 79.9. The van der Waals surface area contributed by atoms with Crippen molar-refractivity contribution in [1.82, 2.24) is 4.51 Å². The van der Waals surface area contributed by atoms with Gasteiger partial charge in [0.15, 0.2) is 0 Å². The zero-order valence-electron chi connectivity index (χ0n) is 3.15. The third kappa shape index (κ3) is 4.36. The molecule has 0 rings (SSSR count). The lowest BCUT2D eigenvalue weighted by Gasteiger charge is -1.90. The molecule has 0 radical (unpaired) electrons. The molecule has 0 saturated carbocycles. The number of hydrogen-bond acceptors (Lipinski definition) is 3. The molecule has 0 atom stereocenters. The van der Waals surface area contributed by atoms with E-state index in [1.165, 1.54) is 0 Å². The van der Waals surface area contributed by atoms with E-state index in [-0.39, 0.29) is 6.61 Å². The van der Waals surface area contributed by atoms with Gasteiger partial charge in [0.05, 0.1) is 13.2 Å². The summed E-state index contributed by atoms with van der Waals surface area (Å²) >= 11 is 2.77. The first-order valence-corrected chi connectivity index (χ1v) is 2.29. The van der Waals surface area contributed by atoms with Crippen LogP contribution in [0.15, 0.2) is 0 Å². The highest BCUT2D eigenvalue weighted by Crippen LogP contribution is 1.67. The fraction of sp³-hybridized carbons (Fsp3) is 1.00. The molecule has 0 heterocycles. The Labute approximate surface area is 44.6 Å². The Kier molecular flexibility index (Phi) is 5.68. The molecule has 0 unspecified atom stereocenters. The van der Waals surface area contributed by atoms with Crippen molar-refractivity contribution in [2.45, 2.75) is 0 Å². The summed E-state index contributed by atoms with van der Waals surface area (Å²) in [5.74, 6) is 0. The second-order valence-electron chi connectivity index (χ2n) is 0.649. The van der Waals surface area contributed by atoms with Gasteiger partial charge in [0.2, 0.25) is 0 Å². The molecule has 0 aliphatic heterocycles. The highest BCUT2D eigenvalue weighted by molar-refractivity contribution is 9.07. The number of rotatable bonds is 3. The average molecular weight is 156 g/mol. The predicted molar refractivity (Wildman–Crippen MR) is 25.1 cm³/mol. The van der Waals surface area contributed by atoms with Crippen LogP contribution < -0.4 is 4.51 Å². The SMILES string of the molecule is OCCONBr. The molecule has 2 N–H and O–H groups in total. The van der Waals surface area contributed by atoms with Gasteiger partial charge in [0.1, 0.15) is 0 Å². The standard InChI is InChI=1S/C2H6BrNO2/c3-4-6-2-1-5/h4-5H,1-2H2. The van der Waals surface area contributed by atoms with E-state index in [1.54, 1.807) is 0 Å². The zero-order valence-corrected chi connectivity index (χ0v) is 4.73. The van der Waals surface area contributed by atoms with Gasteiger partial charge in [0, 0.05) is 16.1 Å². The quantitative estimate of drug-likeness (QED) is 0.338. The van der Waals surface area contributed by atoms with Crippen molar-refractivity contribution in [1.29, 1.82) is 0 Å². The van der Waals surface area contributed by atoms with Gasteiger partial charge in [-0.15, -0.1) is 4.51 Å². The van der Waals surface area contributed by atoms with E-state index in [1.807, 2.05) is 0 Å². The van der Waals surface area contributed by atoms with Gasteiger partial charge >= 0.3 is 0 Å². The van der Waals surface area contributed by atoms with Crippen LogP contribution >= 0.6 is 16.1 Å². The molecule has 0 aliphatic rings. The van der Waals surface area contributed by atoms with Gasteiger partial charge in [-0.05, 0) is 0 Å². The van der Waals surface area contributed by atoms with Crippen LogP contribution in [0.2, 0.25) is 0 Å².